The fourth-order valence-electron chi connectivity index (χ4n) is 5.13. The van der Waals surface area contributed by atoms with Crippen LogP contribution in [0.2, 0.25) is 0 Å². The molecule has 0 fully saturated rings. The Bertz CT molecular complexity index is 1970. The predicted molar refractivity (Wildman–Crippen MR) is 176 cm³/mol. The van der Waals surface area contributed by atoms with Crippen molar-refractivity contribution in [2.75, 3.05) is 23.8 Å². The first-order valence-corrected chi connectivity index (χ1v) is 17.5. The average molecular weight is 650 g/mol. The van der Waals surface area contributed by atoms with Crippen LogP contribution in [0.5, 0.6) is 0 Å². The number of nitrogens with one attached hydrogen (secondary N) is 2. The van der Waals surface area contributed by atoms with Crippen LogP contribution in [0.25, 0.3) is 21.8 Å². The Morgan fingerprint density at radius 3 is 1.47 bits per heavy atom. The number of carbonyl (C=O) groups excluding carboxylic acids is 2. The number of benzene rings is 4. The first-order valence-electron chi connectivity index (χ1n) is 14.3. The average Bonchev–Trinajstić information content (AvgIpc) is 3.33. The third-order valence-electron chi connectivity index (χ3n) is 7.21. The molecule has 0 radical (unpaired) electrons. The summed E-state index contributed by atoms with van der Waals surface area (Å²) in [6.07, 6.45) is 0. The quantitative estimate of drug-likeness (QED) is 0.127. The van der Waals surface area contributed by atoms with E-state index in [4.69, 9.17) is 9.05 Å². The highest BCUT2D eigenvalue weighted by molar-refractivity contribution is 7.62. The molecule has 0 spiro atoms. The molecule has 0 aliphatic rings. The molecule has 234 valence electrons. The monoisotopic (exact) mass is 649 g/mol. The summed E-state index contributed by atoms with van der Waals surface area (Å²) in [5, 5.41) is 7.48. The third kappa shape index (κ3) is 6.79. The van der Waals surface area contributed by atoms with Crippen molar-refractivity contribution in [1.82, 2.24) is 4.57 Å². The minimum atomic E-state index is -4.39. The van der Waals surface area contributed by atoms with Gasteiger partial charge >= 0.3 is 15.2 Å². The van der Waals surface area contributed by atoms with Crippen LogP contribution >= 0.6 is 15.2 Å². The zero-order chi connectivity index (χ0) is 32.4. The standard InChI is InChI=1S/C32H33N3O8P2/c1-4-35-29-17-7-21(31(36)33-23-9-13-25(14-10-23)44(38,39)40)19-27(29)28-20-22(8-18-30(28)35)32(37)34-24-11-15-26(16-12-24)45(41,42-5-2)43-6-3/h7-20H,4-6H2,1-3H3,(H,33,36)(H,34,37)(H2,38,39,40). The Balaban J connectivity index is 1.41. The summed E-state index contributed by atoms with van der Waals surface area (Å²) >= 11 is 0. The molecule has 5 rings (SSSR count). The maximum atomic E-state index is 13.3. The molecular formula is C32H33N3O8P2. The van der Waals surface area contributed by atoms with Crippen LogP contribution in [-0.2, 0) is 24.7 Å². The van der Waals surface area contributed by atoms with Gasteiger partial charge in [-0.25, -0.2) is 0 Å². The number of rotatable bonds is 11. The van der Waals surface area contributed by atoms with E-state index < -0.39 is 21.1 Å². The van der Waals surface area contributed by atoms with E-state index in [1.807, 2.05) is 19.1 Å². The molecule has 5 aromatic rings. The Kier molecular flexibility index (Phi) is 9.41. The summed E-state index contributed by atoms with van der Waals surface area (Å²) < 4.78 is 37.4. The van der Waals surface area contributed by atoms with E-state index in [2.05, 4.69) is 15.2 Å². The van der Waals surface area contributed by atoms with Crippen LogP contribution in [0.4, 0.5) is 11.4 Å². The molecule has 2 amide bonds. The number of hydrogen-bond acceptors (Lipinski definition) is 6. The summed E-state index contributed by atoms with van der Waals surface area (Å²) in [4.78, 5) is 45.1. The minimum absolute atomic E-state index is 0.139. The molecule has 0 atom stereocenters. The fourth-order valence-corrected chi connectivity index (χ4v) is 7.23. The van der Waals surface area contributed by atoms with Gasteiger partial charge in [0.2, 0.25) is 0 Å². The van der Waals surface area contributed by atoms with Gasteiger partial charge in [0.1, 0.15) is 0 Å². The van der Waals surface area contributed by atoms with Gasteiger partial charge in [-0.05, 0) is 106 Å². The maximum absolute atomic E-state index is 13.3. The fraction of sp³-hybridized carbons (Fsp3) is 0.188. The van der Waals surface area contributed by atoms with Crippen molar-refractivity contribution in [2.45, 2.75) is 27.3 Å². The highest BCUT2D eigenvalue weighted by atomic mass is 31.2. The molecule has 4 aromatic carbocycles. The largest absolute Gasteiger partial charge is 0.361 e. The van der Waals surface area contributed by atoms with Gasteiger partial charge in [-0.2, -0.15) is 0 Å². The van der Waals surface area contributed by atoms with E-state index in [0.717, 1.165) is 21.8 Å². The second-order valence-corrected chi connectivity index (χ2v) is 13.7. The molecule has 0 aliphatic carbocycles. The Morgan fingerprint density at radius 1 is 0.667 bits per heavy atom. The van der Waals surface area contributed by atoms with Crippen LogP contribution in [0.15, 0.2) is 84.9 Å². The molecule has 13 heteroatoms. The van der Waals surface area contributed by atoms with E-state index >= 15 is 0 Å². The summed E-state index contributed by atoms with van der Waals surface area (Å²) in [6.45, 7) is 6.62. The number of amides is 2. The number of carbonyl (C=O) groups is 2. The lowest BCUT2D eigenvalue weighted by atomic mass is 10.1. The van der Waals surface area contributed by atoms with Gasteiger partial charge in [0.25, 0.3) is 11.8 Å². The van der Waals surface area contributed by atoms with Gasteiger partial charge in [0, 0.05) is 50.9 Å². The van der Waals surface area contributed by atoms with E-state index in [0.29, 0.717) is 34.4 Å². The third-order valence-corrected chi connectivity index (χ3v) is 10.3. The first kappa shape index (κ1) is 32.3. The van der Waals surface area contributed by atoms with Crippen molar-refractivity contribution in [3.63, 3.8) is 0 Å². The number of aromatic nitrogens is 1. The topological polar surface area (TPSA) is 156 Å². The van der Waals surface area contributed by atoms with Gasteiger partial charge in [-0.3, -0.25) is 18.7 Å². The van der Waals surface area contributed by atoms with E-state index in [9.17, 15) is 28.5 Å². The summed E-state index contributed by atoms with van der Waals surface area (Å²) in [7, 11) is -7.84. The van der Waals surface area contributed by atoms with E-state index in [1.165, 1.54) is 24.3 Å². The maximum Gasteiger partial charge on any atom is 0.361 e. The molecule has 11 nitrogen and oxygen atoms in total. The van der Waals surface area contributed by atoms with Crippen molar-refractivity contribution in [3.05, 3.63) is 96.1 Å². The number of hydrogen-bond donors (Lipinski definition) is 4. The second kappa shape index (κ2) is 13.1. The van der Waals surface area contributed by atoms with Crippen molar-refractivity contribution < 1.29 is 37.6 Å². The highest BCUT2D eigenvalue weighted by Gasteiger charge is 2.26. The van der Waals surface area contributed by atoms with Crippen LogP contribution in [0.3, 0.4) is 0 Å². The Labute approximate surface area is 259 Å². The van der Waals surface area contributed by atoms with Crippen molar-refractivity contribution in [1.29, 1.82) is 0 Å². The zero-order valence-electron chi connectivity index (χ0n) is 24.9. The highest BCUT2D eigenvalue weighted by Crippen LogP contribution is 2.46. The van der Waals surface area contributed by atoms with Crippen molar-refractivity contribution in [2.24, 2.45) is 0 Å². The number of fused-ring (bicyclic) bond motifs is 3. The summed E-state index contributed by atoms with van der Waals surface area (Å²) in [6, 6.07) is 22.6. The zero-order valence-corrected chi connectivity index (χ0v) is 26.7. The first-order chi connectivity index (χ1) is 21.5. The van der Waals surface area contributed by atoms with Crippen LogP contribution in [0, 0.1) is 0 Å². The van der Waals surface area contributed by atoms with Gasteiger partial charge < -0.3 is 34.0 Å². The molecule has 4 N–H and O–H groups in total. The summed E-state index contributed by atoms with van der Waals surface area (Å²) in [5.41, 5.74) is 3.49. The SMILES string of the molecule is CCOP(=O)(OCC)c1ccc(NC(=O)c2ccc3c(c2)c2cc(C(=O)Nc4ccc(P(=O)(O)O)cc4)ccc2n3CC)cc1. The molecule has 0 unspecified atom stereocenters. The Morgan fingerprint density at radius 2 is 1.09 bits per heavy atom. The smallest absolute Gasteiger partial charge is 0.341 e. The van der Waals surface area contributed by atoms with E-state index in [-0.39, 0.29) is 24.4 Å². The molecule has 1 heterocycles. The molecule has 0 aliphatic heterocycles. The van der Waals surface area contributed by atoms with Gasteiger partial charge in [-0.1, -0.05) is 0 Å². The lowest BCUT2D eigenvalue weighted by molar-refractivity contribution is 0.101. The minimum Gasteiger partial charge on any atom is -0.341 e. The second-order valence-electron chi connectivity index (χ2n) is 10.1. The van der Waals surface area contributed by atoms with Crippen LogP contribution in [-0.4, -0.2) is 39.4 Å². The van der Waals surface area contributed by atoms with Gasteiger partial charge in [0.05, 0.1) is 23.8 Å². The molecule has 0 bridgehead atoms. The lowest BCUT2D eigenvalue weighted by Crippen LogP contribution is -2.14. The molecule has 0 saturated carbocycles. The molecule has 0 saturated heterocycles. The van der Waals surface area contributed by atoms with Gasteiger partial charge in [-0.15, -0.1) is 0 Å². The number of aryl methyl sites for hydroxylation is 1. The van der Waals surface area contributed by atoms with Crippen LogP contribution < -0.4 is 21.2 Å². The lowest BCUT2D eigenvalue weighted by Gasteiger charge is -2.17. The van der Waals surface area contributed by atoms with Crippen LogP contribution in [0.1, 0.15) is 41.5 Å². The normalized spacial score (nSPS) is 12.0. The number of anilines is 2. The predicted octanol–water partition coefficient (Wildman–Crippen LogP) is 6.01. The Hall–Kier alpha value is -4.08. The van der Waals surface area contributed by atoms with Crippen molar-refractivity contribution in [3.8, 4) is 0 Å². The molecule has 45 heavy (non-hydrogen) atoms. The van der Waals surface area contributed by atoms with E-state index in [1.54, 1.807) is 62.4 Å². The van der Waals surface area contributed by atoms with Crippen molar-refractivity contribution >= 4 is 70.8 Å². The number of nitrogens with zero attached hydrogens (tertiary/aromatic N) is 1. The van der Waals surface area contributed by atoms with Gasteiger partial charge in [0.15, 0.2) is 0 Å². The summed E-state index contributed by atoms with van der Waals surface area (Å²) in [5.74, 6) is -0.735. The molecule has 1 aromatic heterocycles. The molecular weight excluding hydrogens is 616 g/mol.